The fourth-order valence-corrected chi connectivity index (χ4v) is 2.77. The number of hydrogen-bond donors (Lipinski definition) is 2. The van der Waals surface area contributed by atoms with Crippen molar-refractivity contribution >= 4 is 22.3 Å². The van der Waals surface area contributed by atoms with Crippen LogP contribution in [0.25, 0.3) is 22.3 Å². The fourth-order valence-electron chi connectivity index (χ4n) is 2.77. The van der Waals surface area contributed by atoms with Gasteiger partial charge in [-0.25, -0.2) is 0 Å². The molecule has 0 atom stereocenters. The van der Waals surface area contributed by atoms with Gasteiger partial charge in [-0.1, -0.05) is 48.5 Å². The Morgan fingerprint density at radius 2 is 1.48 bits per heavy atom. The second kappa shape index (κ2) is 6.17. The predicted molar refractivity (Wildman–Crippen MR) is 99.3 cm³/mol. The van der Waals surface area contributed by atoms with Crippen molar-refractivity contribution in [2.45, 2.75) is 0 Å². The molecule has 0 amide bonds. The largest absolute Gasteiger partial charge is 0.507 e. The number of hydrogen-bond acceptors (Lipinski definition) is 4. The van der Waals surface area contributed by atoms with Crippen LogP contribution in [0, 0.1) is 0 Å². The molecule has 4 nitrogen and oxygen atoms in total. The first kappa shape index (κ1) is 15.0. The minimum absolute atomic E-state index is 0.107. The molecule has 4 aromatic rings. The molecule has 3 aromatic carbocycles. The molecule has 1 heterocycles. The molecule has 0 aliphatic rings. The highest BCUT2D eigenvalue weighted by Gasteiger charge is 2.12. The van der Waals surface area contributed by atoms with Gasteiger partial charge in [-0.2, -0.15) is 0 Å². The molecule has 1 aromatic heterocycles. The zero-order chi connectivity index (χ0) is 17.2. The number of benzene rings is 3. The van der Waals surface area contributed by atoms with E-state index in [2.05, 4.69) is 5.32 Å². The fraction of sp³-hybridized carbons (Fsp3) is 0. The average molecular weight is 329 g/mol. The van der Waals surface area contributed by atoms with Crippen LogP contribution in [-0.4, -0.2) is 5.11 Å². The zero-order valence-electron chi connectivity index (χ0n) is 13.3. The molecule has 4 rings (SSSR count). The molecule has 0 saturated heterocycles. The number of fused-ring (bicyclic) bond motifs is 1. The van der Waals surface area contributed by atoms with Gasteiger partial charge in [-0.05, 0) is 12.1 Å². The van der Waals surface area contributed by atoms with Crippen LogP contribution in [0.1, 0.15) is 0 Å². The summed E-state index contributed by atoms with van der Waals surface area (Å²) < 4.78 is 5.89. The summed E-state index contributed by atoms with van der Waals surface area (Å²) in [5.41, 5.74) is 2.39. The number of phenols is 1. The smallest absolute Gasteiger partial charge is 0.197 e. The Hall–Kier alpha value is -3.53. The third kappa shape index (κ3) is 2.97. The van der Waals surface area contributed by atoms with Gasteiger partial charge in [0.05, 0.1) is 0 Å². The Morgan fingerprint density at radius 3 is 2.20 bits per heavy atom. The van der Waals surface area contributed by atoms with E-state index >= 15 is 0 Å². The van der Waals surface area contributed by atoms with Gasteiger partial charge >= 0.3 is 0 Å². The lowest BCUT2D eigenvalue weighted by atomic mass is 10.1. The third-order valence-electron chi connectivity index (χ3n) is 3.93. The molecule has 0 spiro atoms. The minimum atomic E-state index is -0.274. The van der Waals surface area contributed by atoms with Gasteiger partial charge in [0, 0.05) is 35.1 Å². The highest BCUT2D eigenvalue weighted by molar-refractivity contribution is 5.88. The van der Waals surface area contributed by atoms with Crippen LogP contribution < -0.4 is 10.7 Å². The second-order valence-electron chi connectivity index (χ2n) is 5.70. The van der Waals surface area contributed by atoms with E-state index in [1.807, 2.05) is 60.7 Å². The number of phenolic OH excluding ortho intramolecular Hbond substituents is 1. The molecule has 0 unspecified atom stereocenters. The van der Waals surface area contributed by atoms with Gasteiger partial charge in [0.2, 0.25) is 0 Å². The predicted octanol–water partition coefficient (Wildman–Crippen LogP) is 4.91. The Morgan fingerprint density at radius 1 is 0.800 bits per heavy atom. The molecule has 4 heteroatoms. The van der Waals surface area contributed by atoms with Gasteiger partial charge in [0.1, 0.15) is 22.5 Å². The molecule has 0 fully saturated rings. The minimum Gasteiger partial charge on any atom is -0.507 e. The SMILES string of the molecule is O=c1cc(-c2ccccc2)oc2cc(Nc3ccccc3)cc(O)c12. The van der Waals surface area contributed by atoms with Crippen LogP contribution >= 0.6 is 0 Å². The molecule has 0 saturated carbocycles. The van der Waals surface area contributed by atoms with Crippen molar-refractivity contribution in [2.75, 3.05) is 5.32 Å². The summed E-state index contributed by atoms with van der Waals surface area (Å²) in [6.07, 6.45) is 0. The molecule has 0 aliphatic heterocycles. The Labute approximate surface area is 144 Å². The molecule has 122 valence electrons. The first-order valence-corrected chi connectivity index (χ1v) is 7.89. The van der Waals surface area contributed by atoms with Gasteiger partial charge in [-0.15, -0.1) is 0 Å². The van der Waals surface area contributed by atoms with Crippen LogP contribution in [0.15, 0.2) is 88.1 Å². The summed E-state index contributed by atoms with van der Waals surface area (Å²) in [4.78, 5) is 12.4. The number of para-hydroxylation sites is 1. The van der Waals surface area contributed by atoms with Crippen molar-refractivity contribution in [3.63, 3.8) is 0 Å². The van der Waals surface area contributed by atoms with E-state index in [-0.39, 0.29) is 16.6 Å². The molecule has 0 radical (unpaired) electrons. The van der Waals surface area contributed by atoms with E-state index in [4.69, 9.17) is 4.42 Å². The van der Waals surface area contributed by atoms with Gasteiger partial charge < -0.3 is 14.8 Å². The number of aromatic hydroxyl groups is 1. The van der Waals surface area contributed by atoms with E-state index < -0.39 is 0 Å². The van der Waals surface area contributed by atoms with Crippen LogP contribution in [0.3, 0.4) is 0 Å². The van der Waals surface area contributed by atoms with Crippen LogP contribution in [0.5, 0.6) is 5.75 Å². The van der Waals surface area contributed by atoms with Gasteiger partial charge in [-0.3, -0.25) is 4.79 Å². The maximum absolute atomic E-state index is 12.4. The van der Waals surface area contributed by atoms with E-state index in [0.29, 0.717) is 17.0 Å². The number of anilines is 2. The van der Waals surface area contributed by atoms with Crippen molar-refractivity contribution < 1.29 is 9.52 Å². The number of nitrogens with one attached hydrogen (secondary N) is 1. The summed E-state index contributed by atoms with van der Waals surface area (Å²) in [7, 11) is 0. The van der Waals surface area contributed by atoms with Crippen LogP contribution in [-0.2, 0) is 0 Å². The maximum atomic E-state index is 12.4. The van der Waals surface area contributed by atoms with Crippen LogP contribution in [0.4, 0.5) is 11.4 Å². The maximum Gasteiger partial charge on any atom is 0.197 e. The summed E-state index contributed by atoms with van der Waals surface area (Å²) in [6.45, 7) is 0. The summed E-state index contributed by atoms with van der Waals surface area (Å²) in [6, 6.07) is 23.6. The van der Waals surface area contributed by atoms with E-state index in [1.165, 1.54) is 12.1 Å². The standard InChI is InChI=1S/C21H15NO3/c23-17-11-16(22-15-9-5-2-6-10-15)12-20-21(17)18(24)13-19(25-20)14-7-3-1-4-8-14/h1-13,22-23H. The zero-order valence-corrected chi connectivity index (χ0v) is 13.3. The molecular weight excluding hydrogens is 314 g/mol. The van der Waals surface area contributed by atoms with Crippen molar-refractivity contribution in [1.82, 2.24) is 0 Å². The summed E-state index contributed by atoms with van der Waals surface area (Å²) in [5, 5.41) is 13.6. The molecule has 0 bridgehead atoms. The molecule has 25 heavy (non-hydrogen) atoms. The van der Waals surface area contributed by atoms with Crippen molar-refractivity contribution in [3.05, 3.63) is 89.1 Å². The Kier molecular flexibility index (Phi) is 3.71. The van der Waals surface area contributed by atoms with Crippen molar-refractivity contribution in [3.8, 4) is 17.1 Å². The van der Waals surface area contributed by atoms with E-state index in [0.717, 1.165) is 11.3 Å². The summed E-state index contributed by atoms with van der Waals surface area (Å²) >= 11 is 0. The monoisotopic (exact) mass is 329 g/mol. The van der Waals surface area contributed by atoms with Gasteiger partial charge in [0.15, 0.2) is 5.43 Å². The average Bonchev–Trinajstić information content (AvgIpc) is 2.62. The van der Waals surface area contributed by atoms with Crippen molar-refractivity contribution in [1.29, 1.82) is 0 Å². The topological polar surface area (TPSA) is 62.5 Å². The first-order valence-electron chi connectivity index (χ1n) is 7.89. The molecular formula is C21H15NO3. The third-order valence-corrected chi connectivity index (χ3v) is 3.93. The lowest BCUT2D eigenvalue weighted by Crippen LogP contribution is -2.01. The van der Waals surface area contributed by atoms with Gasteiger partial charge in [0.25, 0.3) is 0 Å². The summed E-state index contributed by atoms with van der Waals surface area (Å²) in [5.74, 6) is 0.360. The lowest BCUT2D eigenvalue weighted by molar-refractivity contribution is 0.480. The Bertz CT molecular complexity index is 1090. The van der Waals surface area contributed by atoms with Crippen LogP contribution in [0.2, 0.25) is 0 Å². The highest BCUT2D eigenvalue weighted by atomic mass is 16.3. The van der Waals surface area contributed by atoms with E-state index in [9.17, 15) is 9.90 Å². The molecule has 0 aliphatic carbocycles. The van der Waals surface area contributed by atoms with Crippen molar-refractivity contribution in [2.24, 2.45) is 0 Å². The van der Waals surface area contributed by atoms with E-state index in [1.54, 1.807) is 6.07 Å². The Balaban J connectivity index is 1.85. The normalized spacial score (nSPS) is 10.7. The first-order chi connectivity index (χ1) is 12.2. The molecule has 2 N–H and O–H groups in total. The second-order valence-corrected chi connectivity index (χ2v) is 5.70. The quantitative estimate of drug-likeness (QED) is 0.560. The number of rotatable bonds is 3. The highest BCUT2D eigenvalue weighted by Crippen LogP contribution is 2.31. The lowest BCUT2D eigenvalue weighted by Gasteiger charge is -2.09.